The number of nitrogens with zero attached hydrogens (tertiary/aromatic N) is 2. The van der Waals surface area contributed by atoms with Gasteiger partial charge in [-0.1, -0.05) is 30.3 Å². The molecule has 3 aromatic rings. The molecule has 0 unspecified atom stereocenters. The zero-order chi connectivity index (χ0) is 18.4. The van der Waals surface area contributed by atoms with Crippen LogP contribution in [-0.2, 0) is 6.54 Å². The average Bonchev–Trinajstić information content (AvgIpc) is 3.14. The minimum absolute atomic E-state index is 0.0209. The van der Waals surface area contributed by atoms with Crippen molar-refractivity contribution >= 4 is 11.9 Å². The van der Waals surface area contributed by atoms with Crippen molar-refractivity contribution in [3.05, 3.63) is 82.1 Å². The topological polar surface area (TPSA) is 89.9 Å². The van der Waals surface area contributed by atoms with Gasteiger partial charge in [0.25, 0.3) is 5.69 Å². The molecule has 0 atom stereocenters. The maximum atomic E-state index is 10.9. The Morgan fingerprint density at radius 1 is 1.19 bits per heavy atom. The molecule has 0 saturated heterocycles. The van der Waals surface area contributed by atoms with Crippen LogP contribution in [0.3, 0.4) is 0 Å². The van der Waals surface area contributed by atoms with Crippen molar-refractivity contribution in [3.8, 4) is 17.1 Å². The van der Waals surface area contributed by atoms with Gasteiger partial charge in [-0.05, 0) is 18.2 Å². The van der Waals surface area contributed by atoms with Crippen LogP contribution in [0, 0.1) is 10.1 Å². The van der Waals surface area contributed by atoms with Gasteiger partial charge in [0.1, 0.15) is 17.3 Å². The molecule has 7 heteroatoms. The first kappa shape index (κ1) is 17.2. The molecule has 1 heterocycles. The summed E-state index contributed by atoms with van der Waals surface area (Å²) in [5.41, 5.74) is 4.59. The van der Waals surface area contributed by atoms with Gasteiger partial charge in [-0.25, -0.2) is 0 Å². The second-order valence-corrected chi connectivity index (χ2v) is 5.41. The molecular formula is C19H17N3O4. The van der Waals surface area contributed by atoms with Crippen molar-refractivity contribution in [2.45, 2.75) is 6.54 Å². The number of nitrogens with one attached hydrogen (secondary N) is 1. The van der Waals surface area contributed by atoms with E-state index in [0.717, 1.165) is 11.3 Å². The lowest BCUT2D eigenvalue weighted by Crippen LogP contribution is -2.06. The van der Waals surface area contributed by atoms with E-state index in [0.29, 0.717) is 23.6 Å². The fourth-order valence-electron chi connectivity index (χ4n) is 2.44. The van der Waals surface area contributed by atoms with Crippen LogP contribution in [0.15, 0.2) is 70.2 Å². The summed E-state index contributed by atoms with van der Waals surface area (Å²) >= 11 is 0. The summed E-state index contributed by atoms with van der Waals surface area (Å²) < 4.78 is 10.9. The smallest absolute Gasteiger partial charge is 0.270 e. The lowest BCUT2D eigenvalue weighted by Gasteiger charge is -2.06. The summed E-state index contributed by atoms with van der Waals surface area (Å²) in [5.74, 6) is 1.88. The second kappa shape index (κ2) is 7.98. The molecule has 0 bridgehead atoms. The molecule has 26 heavy (non-hydrogen) atoms. The van der Waals surface area contributed by atoms with Crippen LogP contribution in [0.25, 0.3) is 11.3 Å². The molecule has 132 valence electrons. The van der Waals surface area contributed by atoms with Crippen LogP contribution in [0.1, 0.15) is 11.3 Å². The Morgan fingerprint density at radius 2 is 2.04 bits per heavy atom. The zero-order valence-electron chi connectivity index (χ0n) is 14.1. The van der Waals surface area contributed by atoms with Gasteiger partial charge in [0.15, 0.2) is 0 Å². The summed E-state index contributed by atoms with van der Waals surface area (Å²) in [6.45, 7) is 0.513. The van der Waals surface area contributed by atoms with E-state index in [1.165, 1.54) is 12.1 Å². The van der Waals surface area contributed by atoms with E-state index < -0.39 is 4.92 Å². The molecular weight excluding hydrogens is 334 g/mol. The predicted molar refractivity (Wildman–Crippen MR) is 98.2 cm³/mol. The molecule has 0 saturated carbocycles. The summed E-state index contributed by atoms with van der Waals surface area (Å²) in [7, 11) is 1.63. The monoisotopic (exact) mass is 351 g/mol. The molecule has 1 aromatic heterocycles. The number of nitro groups is 1. The zero-order valence-corrected chi connectivity index (χ0v) is 14.1. The van der Waals surface area contributed by atoms with Crippen molar-refractivity contribution in [1.29, 1.82) is 0 Å². The molecule has 7 nitrogen and oxygen atoms in total. The first-order chi connectivity index (χ1) is 12.7. The lowest BCUT2D eigenvalue weighted by atomic mass is 10.1. The maximum absolute atomic E-state index is 10.9. The van der Waals surface area contributed by atoms with E-state index >= 15 is 0 Å². The van der Waals surface area contributed by atoms with Crippen molar-refractivity contribution in [2.75, 3.05) is 7.11 Å². The van der Waals surface area contributed by atoms with Crippen molar-refractivity contribution in [2.24, 2.45) is 5.10 Å². The third-order valence-corrected chi connectivity index (χ3v) is 3.71. The van der Waals surface area contributed by atoms with E-state index in [2.05, 4.69) is 10.5 Å². The van der Waals surface area contributed by atoms with Crippen molar-refractivity contribution in [1.82, 2.24) is 5.43 Å². The number of rotatable bonds is 7. The molecule has 0 aliphatic rings. The Morgan fingerprint density at radius 3 is 2.85 bits per heavy atom. The van der Waals surface area contributed by atoms with Gasteiger partial charge in [-0.3, -0.25) is 10.1 Å². The summed E-state index contributed by atoms with van der Waals surface area (Å²) in [6.07, 6.45) is 1.55. The standard InChI is InChI=1S/C19H17N3O4/c1-25-18-8-3-2-5-15(18)12-20-21-13-17-9-10-19(26-17)14-6-4-7-16(11-14)22(23)24/h2-11,13,20H,12H2,1H3/b21-13-. The van der Waals surface area contributed by atoms with Crippen LogP contribution in [0.2, 0.25) is 0 Å². The molecule has 0 amide bonds. The third-order valence-electron chi connectivity index (χ3n) is 3.71. The number of non-ortho nitro benzene ring substituents is 1. The highest BCUT2D eigenvalue weighted by molar-refractivity contribution is 5.77. The maximum Gasteiger partial charge on any atom is 0.270 e. The fraction of sp³-hybridized carbons (Fsp3) is 0.105. The first-order valence-corrected chi connectivity index (χ1v) is 7.90. The molecule has 0 aliphatic carbocycles. The van der Waals surface area contributed by atoms with Gasteiger partial charge in [0.2, 0.25) is 0 Å². The van der Waals surface area contributed by atoms with E-state index in [1.807, 2.05) is 24.3 Å². The van der Waals surface area contributed by atoms with Gasteiger partial charge in [-0.15, -0.1) is 0 Å². The van der Waals surface area contributed by atoms with Crippen LogP contribution in [0.5, 0.6) is 5.75 Å². The van der Waals surface area contributed by atoms with Crippen molar-refractivity contribution in [3.63, 3.8) is 0 Å². The third kappa shape index (κ3) is 4.07. The van der Waals surface area contributed by atoms with Crippen molar-refractivity contribution < 1.29 is 14.1 Å². The van der Waals surface area contributed by atoms with Crippen LogP contribution < -0.4 is 10.2 Å². The largest absolute Gasteiger partial charge is 0.496 e. The van der Waals surface area contributed by atoms with Gasteiger partial charge in [0, 0.05) is 23.3 Å². The normalized spacial score (nSPS) is 10.8. The minimum Gasteiger partial charge on any atom is -0.496 e. The Bertz CT molecular complexity index is 934. The Kier molecular flexibility index (Phi) is 5.28. The lowest BCUT2D eigenvalue weighted by molar-refractivity contribution is -0.384. The van der Waals surface area contributed by atoms with E-state index in [9.17, 15) is 10.1 Å². The quantitative estimate of drug-likeness (QED) is 0.395. The average molecular weight is 351 g/mol. The molecule has 1 N–H and O–H groups in total. The highest BCUT2D eigenvalue weighted by Crippen LogP contribution is 2.25. The van der Waals surface area contributed by atoms with E-state index in [4.69, 9.17) is 9.15 Å². The molecule has 0 spiro atoms. The van der Waals surface area contributed by atoms with Crippen LogP contribution >= 0.6 is 0 Å². The van der Waals surface area contributed by atoms with E-state index in [-0.39, 0.29) is 5.69 Å². The second-order valence-electron chi connectivity index (χ2n) is 5.41. The minimum atomic E-state index is -0.434. The molecule has 2 aromatic carbocycles. The number of nitro benzene ring substituents is 1. The number of hydrogen-bond acceptors (Lipinski definition) is 6. The van der Waals surface area contributed by atoms with Gasteiger partial charge in [-0.2, -0.15) is 5.10 Å². The fourth-order valence-corrected chi connectivity index (χ4v) is 2.44. The van der Waals surface area contributed by atoms with Gasteiger partial charge in [0.05, 0.1) is 24.8 Å². The van der Waals surface area contributed by atoms with E-state index in [1.54, 1.807) is 37.6 Å². The number of methoxy groups -OCH3 is 1. The number of furan rings is 1. The van der Waals surface area contributed by atoms with Gasteiger partial charge < -0.3 is 14.6 Å². The molecule has 0 aliphatic heterocycles. The number of benzene rings is 2. The number of ether oxygens (including phenoxy) is 1. The molecule has 0 fully saturated rings. The summed E-state index contributed by atoms with van der Waals surface area (Å²) in [4.78, 5) is 10.4. The number of hydrazone groups is 1. The molecule has 3 rings (SSSR count). The predicted octanol–water partition coefficient (Wildman–Crippen LogP) is 3.99. The molecule has 0 radical (unpaired) electrons. The highest BCUT2D eigenvalue weighted by Gasteiger charge is 2.09. The highest BCUT2D eigenvalue weighted by atomic mass is 16.6. The first-order valence-electron chi connectivity index (χ1n) is 7.90. The Balaban J connectivity index is 1.64. The SMILES string of the molecule is COc1ccccc1CN/N=C\c1ccc(-c2cccc([N+](=O)[O-])c2)o1. The Labute approximate surface area is 150 Å². The summed E-state index contributed by atoms with van der Waals surface area (Å²) in [5, 5.41) is 15.0. The van der Waals surface area contributed by atoms with Gasteiger partial charge >= 0.3 is 0 Å². The summed E-state index contributed by atoms with van der Waals surface area (Å²) in [6, 6.07) is 17.5. The number of para-hydroxylation sites is 1. The van der Waals surface area contributed by atoms with Crippen LogP contribution in [0.4, 0.5) is 5.69 Å². The van der Waals surface area contributed by atoms with Crippen LogP contribution in [-0.4, -0.2) is 18.2 Å². The Hall–Kier alpha value is -3.61. The number of hydrogen-bond donors (Lipinski definition) is 1.